The second-order valence-electron chi connectivity index (χ2n) is 5.72. The minimum absolute atomic E-state index is 0.133. The zero-order valence-electron chi connectivity index (χ0n) is 12.8. The van der Waals surface area contributed by atoms with Gasteiger partial charge in [0.1, 0.15) is 5.82 Å². The highest BCUT2D eigenvalue weighted by molar-refractivity contribution is 5.78. The molecule has 0 saturated carbocycles. The quantitative estimate of drug-likeness (QED) is 0.926. The number of aromatic nitrogens is 2. The highest BCUT2D eigenvalue weighted by atomic mass is 16.5. The Hall–Kier alpha value is -1.43. The van der Waals surface area contributed by atoms with Gasteiger partial charge in [0.2, 0.25) is 0 Å². The molecule has 0 aliphatic carbocycles. The van der Waals surface area contributed by atoms with Crippen LogP contribution in [0.1, 0.15) is 17.0 Å². The molecule has 1 saturated heterocycles. The van der Waals surface area contributed by atoms with Gasteiger partial charge in [0.05, 0.1) is 37.4 Å². The van der Waals surface area contributed by atoms with Gasteiger partial charge in [0.25, 0.3) is 0 Å². The fourth-order valence-corrected chi connectivity index (χ4v) is 2.86. The molecule has 1 aliphatic rings. The van der Waals surface area contributed by atoms with Crippen molar-refractivity contribution in [1.82, 2.24) is 14.5 Å². The van der Waals surface area contributed by atoms with Crippen molar-refractivity contribution in [3.63, 3.8) is 0 Å². The summed E-state index contributed by atoms with van der Waals surface area (Å²) in [6.45, 7) is 9.25. The number of aryl methyl sites for hydroxylation is 2. The predicted octanol–water partition coefficient (Wildman–Crippen LogP) is 1.48. The fraction of sp³-hybridized carbons (Fsp3) is 0.562. The summed E-state index contributed by atoms with van der Waals surface area (Å²) >= 11 is 0. The van der Waals surface area contributed by atoms with Crippen LogP contribution in [0.3, 0.4) is 0 Å². The van der Waals surface area contributed by atoms with E-state index in [9.17, 15) is 5.11 Å². The van der Waals surface area contributed by atoms with Crippen molar-refractivity contribution in [2.45, 2.75) is 26.9 Å². The Morgan fingerprint density at radius 2 is 1.90 bits per heavy atom. The average molecular weight is 289 g/mol. The summed E-state index contributed by atoms with van der Waals surface area (Å²) < 4.78 is 7.55. The average Bonchev–Trinajstić information content (AvgIpc) is 2.79. The minimum Gasteiger partial charge on any atom is -0.395 e. The van der Waals surface area contributed by atoms with Crippen LogP contribution in [0.4, 0.5) is 0 Å². The third kappa shape index (κ3) is 2.95. The summed E-state index contributed by atoms with van der Waals surface area (Å²) in [5, 5.41) is 9.37. The summed E-state index contributed by atoms with van der Waals surface area (Å²) in [5.74, 6) is 1.03. The van der Waals surface area contributed by atoms with E-state index in [1.807, 2.05) is 0 Å². The van der Waals surface area contributed by atoms with E-state index in [0.29, 0.717) is 6.54 Å². The van der Waals surface area contributed by atoms with Gasteiger partial charge in [-0.25, -0.2) is 4.98 Å². The Morgan fingerprint density at radius 1 is 1.19 bits per heavy atom. The summed E-state index contributed by atoms with van der Waals surface area (Å²) in [6, 6.07) is 4.32. The van der Waals surface area contributed by atoms with Gasteiger partial charge in [-0.1, -0.05) is 0 Å². The van der Waals surface area contributed by atoms with E-state index in [0.717, 1.165) is 49.7 Å². The third-order valence-electron chi connectivity index (χ3n) is 4.24. The maximum Gasteiger partial charge on any atom is 0.124 e. The van der Waals surface area contributed by atoms with Gasteiger partial charge in [-0.05, 0) is 37.1 Å². The van der Waals surface area contributed by atoms with Crippen LogP contribution in [-0.4, -0.2) is 52.5 Å². The number of aliphatic hydroxyl groups excluding tert-OH is 1. The van der Waals surface area contributed by atoms with Crippen LogP contribution in [0.15, 0.2) is 12.1 Å². The van der Waals surface area contributed by atoms with Crippen molar-refractivity contribution in [3.8, 4) is 0 Å². The Bertz CT molecular complexity index is 630. The van der Waals surface area contributed by atoms with Gasteiger partial charge >= 0.3 is 0 Å². The molecular weight excluding hydrogens is 266 g/mol. The molecule has 0 radical (unpaired) electrons. The summed E-state index contributed by atoms with van der Waals surface area (Å²) in [6.07, 6.45) is 0. The van der Waals surface area contributed by atoms with E-state index in [-0.39, 0.29) is 6.61 Å². The molecule has 0 unspecified atom stereocenters. The van der Waals surface area contributed by atoms with Crippen molar-refractivity contribution in [2.24, 2.45) is 0 Å². The molecule has 3 rings (SSSR count). The van der Waals surface area contributed by atoms with Crippen molar-refractivity contribution in [2.75, 3.05) is 32.9 Å². The molecule has 1 fully saturated rings. The molecule has 0 bridgehead atoms. The zero-order valence-corrected chi connectivity index (χ0v) is 12.8. The molecule has 0 atom stereocenters. The number of fused-ring (bicyclic) bond motifs is 1. The molecular formula is C16H23N3O2. The first-order valence-electron chi connectivity index (χ1n) is 7.56. The van der Waals surface area contributed by atoms with E-state index in [1.54, 1.807) is 0 Å². The number of hydrogen-bond donors (Lipinski definition) is 1. The summed E-state index contributed by atoms with van der Waals surface area (Å²) in [5.41, 5.74) is 4.67. The second kappa shape index (κ2) is 6.13. The largest absolute Gasteiger partial charge is 0.395 e. The SMILES string of the molecule is Cc1cc2nc(CN3CCOCC3)n(CCO)c2cc1C. The number of benzene rings is 1. The molecule has 114 valence electrons. The number of rotatable bonds is 4. The molecule has 1 aromatic carbocycles. The van der Waals surface area contributed by atoms with Gasteiger partial charge in [-0.2, -0.15) is 0 Å². The normalized spacial score (nSPS) is 16.7. The molecule has 0 spiro atoms. The Labute approximate surface area is 125 Å². The van der Waals surface area contributed by atoms with Crippen LogP contribution in [0.25, 0.3) is 11.0 Å². The first-order chi connectivity index (χ1) is 10.2. The molecule has 2 aromatic rings. The maximum absolute atomic E-state index is 9.37. The van der Waals surface area contributed by atoms with Crippen LogP contribution in [0, 0.1) is 13.8 Å². The lowest BCUT2D eigenvalue weighted by Gasteiger charge is -2.26. The lowest BCUT2D eigenvalue weighted by molar-refractivity contribution is 0.0325. The maximum atomic E-state index is 9.37. The van der Waals surface area contributed by atoms with E-state index in [2.05, 4.69) is 35.4 Å². The fourth-order valence-electron chi connectivity index (χ4n) is 2.86. The van der Waals surface area contributed by atoms with Crippen LogP contribution in [0.2, 0.25) is 0 Å². The zero-order chi connectivity index (χ0) is 14.8. The van der Waals surface area contributed by atoms with Gasteiger partial charge in [0, 0.05) is 19.6 Å². The highest BCUT2D eigenvalue weighted by Gasteiger charge is 2.17. The lowest BCUT2D eigenvalue weighted by Crippen LogP contribution is -2.36. The molecule has 1 aromatic heterocycles. The van der Waals surface area contributed by atoms with Crippen LogP contribution in [-0.2, 0) is 17.8 Å². The van der Waals surface area contributed by atoms with Crippen molar-refractivity contribution >= 4 is 11.0 Å². The van der Waals surface area contributed by atoms with Gasteiger partial charge < -0.3 is 14.4 Å². The topological polar surface area (TPSA) is 50.5 Å². The van der Waals surface area contributed by atoms with Crippen LogP contribution < -0.4 is 0 Å². The molecule has 5 heteroatoms. The Balaban J connectivity index is 1.97. The summed E-state index contributed by atoms with van der Waals surface area (Å²) in [7, 11) is 0. The molecule has 21 heavy (non-hydrogen) atoms. The monoisotopic (exact) mass is 289 g/mol. The first-order valence-corrected chi connectivity index (χ1v) is 7.56. The number of aliphatic hydroxyl groups is 1. The lowest BCUT2D eigenvalue weighted by atomic mass is 10.1. The highest BCUT2D eigenvalue weighted by Crippen LogP contribution is 2.22. The molecule has 5 nitrogen and oxygen atoms in total. The predicted molar refractivity (Wildman–Crippen MR) is 82.4 cm³/mol. The minimum atomic E-state index is 0.133. The van der Waals surface area contributed by atoms with E-state index in [1.165, 1.54) is 11.1 Å². The second-order valence-corrected chi connectivity index (χ2v) is 5.72. The van der Waals surface area contributed by atoms with Crippen molar-refractivity contribution in [1.29, 1.82) is 0 Å². The van der Waals surface area contributed by atoms with Crippen LogP contribution in [0.5, 0.6) is 0 Å². The van der Waals surface area contributed by atoms with Gasteiger partial charge in [-0.15, -0.1) is 0 Å². The van der Waals surface area contributed by atoms with Gasteiger partial charge in [0.15, 0.2) is 0 Å². The molecule has 1 N–H and O–H groups in total. The smallest absolute Gasteiger partial charge is 0.124 e. The van der Waals surface area contributed by atoms with Crippen molar-refractivity contribution < 1.29 is 9.84 Å². The first kappa shape index (κ1) is 14.5. The Morgan fingerprint density at radius 3 is 2.62 bits per heavy atom. The summed E-state index contributed by atoms with van der Waals surface area (Å²) in [4.78, 5) is 7.16. The molecule has 1 aliphatic heterocycles. The van der Waals surface area contributed by atoms with Crippen molar-refractivity contribution in [3.05, 3.63) is 29.1 Å². The number of nitrogens with zero attached hydrogens (tertiary/aromatic N) is 3. The van der Waals surface area contributed by atoms with E-state index >= 15 is 0 Å². The molecule has 2 heterocycles. The standard InChI is InChI=1S/C16H23N3O2/c1-12-9-14-15(10-13(12)2)19(3-6-20)16(17-14)11-18-4-7-21-8-5-18/h9-10,20H,3-8,11H2,1-2H3. The number of ether oxygens (including phenoxy) is 1. The third-order valence-corrected chi connectivity index (χ3v) is 4.24. The number of hydrogen-bond acceptors (Lipinski definition) is 4. The van der Waals surface area contributed by atoms with E-state index < -0.39 is 0 Å². The Kier molecular flexibility index (Phi) is 4.24. The van der Waals surface area contributed by atoms with Gasteiger partial charge in [-0.3, -0.25) is 4.90 Å². The number of morpholine rings is 1. The van der Waals surface area contributed by atoms with Crippen LogP contribution >= 0.6 is 0 Å². The number of imidazole rings is 1. The molecule has 0 amide bonds. The van der Waals surface area contributed by atoms with E-state index in [4.69, 9.17) is 9.72 Å².